The summed E-state index contributed by atoms with van der Waals surface area (Å²) in [5.74, 6) is 1.96. The lowest BCUT2D eigenvalue weighted by Gasteiger charge is -2.37. The highest BCUT2D eigenvalue weighted by Crippen LogP contribution is 2.39. The van der Waals surface area contributed by atoms with Crippen LogP contribution in [0, 0.1) is 5.92 Å². The van der Waals surface area contributed by atoms with Gasteiger partial charge in [0.25, 0.3) is 0 Å². The normalized spacial score (nSPS) is 24.2. The molecule has 1 saturated heterocycles. The maximum atomic E-state index is 3.57. The Bertz CT molecular complexity index is 520. The summed E-state index contributed by atoms with van der Waals surface area (Å²) in [6.07, 6.45) is 1.26. The van der Waals surface area contributed by atoms with Gasteiger partial charge in [-0.05, 0) is 41.8 Å². The van der Waals surface area contributed by atoms with E-state index >= 15 is 0 Å². The van der Waals surface area contributed by atoms with Crippen LogP contribution in [0.15, 0.2) is 60.7 Å². The molecule has 1 heterocycles. The third kappa shape index (κ3) is 2.78. The summed E-state index contributed by atoms with van der Waals surface area (Å²) in [6.45, 7) is 4.64. The first-order valence-corrected chi connectivity index (χ1v) is 7.67. The number of piperidine rings is 1. The summed E-state index contributed by atoms with van der Waals surface area (Å²) in [5.41, 5.74) is 2.95. The second-order valence-electron chi connectivity index (χ2n) is 5.87. The first kappa shape index (κ1) is 13.4. The van der Waals surface area contributed by atoms with Crippen molar-refractivity contribution in [3.8, 4) is 0 Å². The molecule has 1 aliphatic rings. The quantitative estimate of drug-likeness (QED) is 0.877. The van der Waals surface area contributed by atoms with Gasteiger partial charge in [-0.3, -0.25) is 0 Å². The largest absolute Gasteiger partial charge is 0.316 e. The minimum Gasteiger partial charge on any atom is -0.316 e. The Kier molecular flexibility index (Phi) is 4.17. The van der Waals surface area contributed by atoms with Crippen LogP contribution in [-0.2, 0) is 0 Å². The Morgan fingerprint density at radius 3 is 2.30 bits per heavy atom. The molecule has 0 saturated carbocycles. The molecular formula is C19H23N. The molecule has 3 atom stereocenters. The fourth-order valence-corrected chi connectivity index (χ4v) is 3.55. The van der Waals surface area contributed by atoms with Crippen molar-refractivity contribution in [1.82, 2.24) is 5.32 Å². The second kappa shape index (κ2) is 6.23. The first-order chi connectivity index (χ1) is 9.86. The van der Waals surface area contributed by atoms with E-state index in [0.29, 0.717) is 11.8 Å². The molecule has 0 bridgehead atoms. The molecule has 0 amide bonds. The molecule has 1 heteroatoms. The van der Waals surface area contributed by atoms with Gasteiger partial charge in [0.15, 0.2) is 0 Å². The summed E-state index contributed by atoms with van der Waals surface area (Å²) in [4.78, 5) is 0. The van der Waals surface area contributed by atoms with Gasteiger partial charge < -0.3 is 5.32 Å². The van der Waals surface area contributed by atoms with E-state index in [-0.39, 0.29) is 0 Å². The summed E-state index contributed by atoms with van der Waals surface area (Å²) < 4.78 is 0. The van der Waals surface area contributed by atoms with Gasteiger partial charge in [0.05, 0.1) is 0 Å². The molecule has 1 N–H and O–H groups in total. The van der Waals surface area contributed by atoms with Crippen LogP contribution in [0.1, 0.15) is 36.3 Å². The van der Waals surface area contributed by atoms with E-state index in [9.17, 15) is 0 Å². The Morgan fingerprint density at radius 2 is 1.60 bits per heavy atom. The topological polar surface area (TPSA) is 12.0 Å². The predicted molar refractivity (Wildman–Crippen MR) is 85.0 cm³/mol. The standard InChI is InChI=1S/C19H23N/c1-15(16-8-4-2-5-9-16)18-12-13-20-14-19(18)17-10-6-3-7-11-17/h2-11,15,18-20H,12-14H2,1H3/t15-,18-,19+/m0/s1. The zero-order valence-corrected chi connectivity index (χ0v) is 12.1. The lowest BCUT2D eigenvalue weighted by Crippen LogP contribution is -2.37. The fourth-order valence-electron chi connectivity index (χ4n) is 3.55. The zero-order valence-electron chi connectivity index (χ0n) is 12.1. The Labute approximate surface area is 122 Å². The molecule has 20 heavy (non-hydrogen) atoms. The summed E-state index contributed by atoms with van der Waals surface area (Å²) in [7, 11) is 0. The monoisotopic (exact) mass is 265 g/mol. The van der Waals surface area contributed by atoms with Crippen LogP contribution >= 0.6 is 0 Å². The highest BCUT2D eigenvalue weighted by Gasteiger charge is 2.30. The molecular weight excluding hydrogens is 242 g/mol. The molecule has 0 aromatic heterocycles. The number of hydrogen-bond acceptors (Lipinski definition) is 1. The number of hydrogen-bond donors (Lipinski definition) is 1. The van der Waals surface area contributed by atoms with Crippen molar-refractivity contribution in [3.63, 3.8) is 0 Å². The van der Waals surface area contributed by atoms with Gasteiger partial charge in [0.2, 0.25) is 0 Å². The molecule has 0 unspecified atom stereocenters. The third-order valence-electron chi connectivity index (χ3n) is 4.73. The van der Waals surface area contributed by atoms with Gasteiger partial charge in [-0.15, -0.1) is 0 Å². The molecule has 3 rings (SSSR count). The van der Waals surface area contributed by atoms with Crippen LogP contribution < -0.4 is 5.32 Å². The van der Waals surface area contributed by atoms with E-state index in [0.717, 1.165) is 19.0 Å². The van der Waals surface area contributed by atoms with E-state index in [4.69, 9.17) is 0 Å². The van der Waals surface area contributed by atoms with Crippen molar-refractivity contribution in [1.29, 1.82) is 0 Å². The van der Waals surface area contributed by atoms with E-state index in [1.165, 1.54) is 17.5 Å². The molecule has 1 aliphatic heterocycles. The highest BCUT2D eigenvalue weighted by molar-refractivity contribution is 5.26. The van der Waals surface area contributed by atoms with Gasteiger partial charge >= 0.3 is 0 Å². The van der Waals surface area contributed by atoms with Crippen molar-refractivity contribution in [2.75, 3.05) is 13.1 Å². The Hall–Kier alpha value is -1.60. The van der Waals surface area contributed by atoms with Gasteiger partial charge in [-0.1, -0.05) is 67.6 Å². The zero-order chi connectivity index (χ0) is 13.8. The molecule has 0 aliphatic carbocycles. The first-order valence-electron chi connectivity index (χ1n) is 7.67. The van der Waals surface area contributed by atoms with Crippen molar-refractivity contribution in [2.24, 2.45) is 5.92 Å². The van der Waals surface area contributed by atoms with Gasteiger partial charge in [0.1, 0.15) is 0 Å². The maximum Gasteiger partial charge on any atom is 0.00230 e. The lowest BCUT2D eigenvalue weighted by molar-refractivity contribution is 0.285. The molecule has 2 aromatic rings. The van der Waals surface area contributed by atoms with Crippen LogP contribution in [0.25, 0.3) is 0 Å². The minimum absolute atomic E-state index is 0.614. The molecule has 2 aromatic carbocycles. The van der Waals surface area contributed by atoms with Gasteiger partial charge in [-0.25, -0.2) is 0 Å². The number of rotatable bonds is 3. The van der Waals surface area contributed by atoms with E-state index in [1.54, 1.807) is 0 Å². The molecule has 0 radical (unpaired) electrons. The van der Waals surface area contributed by atoms with Gasteiger partial charge in [0, 0.05) is 6.54 Å². The average Bonchev–Trinajstić information content (AvgIpc) is 2.56. The molecule has 104 valence electrons. The number of benzene rings is 2. The highest BCUT2D eigenvalue weighted by atomic mass is 14.9. The van der Waals surface area contributed by atoms with Crippen molar-refractivity contribution in [3.05, 3.63) is 71.8 Å². The minimum atomic E-state index is 0.614. The SMILES string of the molecule is C[C@@H](c1ccccc1)[C@@H]1CCNC[C@@H]1c1ccccc1. The average molecular weight is 265 g/mol. The fraction of sp³-hybridized carbons (Fsp3) is 0.368. The maximum absolute atomic E-state index is 3.57. The van der Waals surface area contributed by atoms with Crippen LogP contribution in [-0.4, -0.2) is 13.1 Å². The van der Waals surface area contributed by atoms with E-state index < -0.39 is 0 Å². The Morgan fingerprint density at radius 1 is 0.950 bits per heavy atom. The number of nitrogens with one attached hydrogen (secondary N) is 1. The molecule has 1 nitrogen and oxygen atoms in total. The summed E-state index contributed by atoms with van der Waals surface area (Å²) in [6, 6.07) is 22.0. The lowest BCUT2D eigenvalue weighted by atomic mass is 9.72. The predicted octanol–water partition coefficient (Wildman–Crippen LogP) is 4.18. The smallest absolute Gasteiger partial charge is 0.00230 e. The van der Waals surface area contributed by atoms with Crippen LogP contribution in [0.5, 0.6) is 0 Å². The van der Waals surface area contributed by atoms with Crippen LogP contribution in [0.2, 0.25) is 0 Å². The molecule has 1 fully saturated rings. The molecule has 0 spiro atoms. The Balaban J connectivity index is 1.86. The van der Waals surface area contributed by atoms with Crippen LogP contribution in [0.4, 0.5) is 0 Å². The van der Waals surface area contributed by atoms with Crippen molar-refractivity contribution >= 4 is 0 Å². The van der Waals surface area contributed by atoms with Crippen molar-refractivity contribution in [2.45, 2.75) is 25.2 Å². The summed E-state index contributed by atoms with van der Waals surface area (Å²) in [5, 5.41) is 3.57. The third-order valence-corrected chi connectivity index (χ3v) is 4.73. The summed E-state index contributed by atoms with van der Waals surface area (Å²) >= 11 is 0. The van der Waals surface area contributed by atoms with Crippen LogP contribution in [0.3, 0.4) is 0 Å². The van der Waals surface area contributed by atoms with E-state index in [1.807, 2.05) is 0 Å². The second-order valence-corrected chi connectivity index (χ2v) is 5.87. The van der Waals surface area contributed by atoms with Crippen molar-refractivity contribution < 1.29 is 0 Å². The van der Waals surface area contributed by atoms with Gasteiger partial charge in [-0.2, -0.15) is 0 Å². The van der Waals surface area contributed by atoms with E-state index in [2.05, 4.69) is 72.9 Å².